The van der Waals surface area contributed by atoms with Gasteiger partial charge >= 0.3 is 0 Å². The molecule has 182 valence electrons. The van der Waals surface area contributed by atoms with E-state index in [0.717, 1.165) is 62.6 Å². The minimum Gasteiger partial charge on any atom is -0.308 e. The monoisotopic (exact) mass is 486 g/mol. The first kappa shape index (κ1) is 22.7. The summed E-state index contributed by atoms with van der Waals surface area (Å²) in [6.45, 7) is 6.98. The van der Waals surface area contributed by atoms with E-state index in [1.165, 1.54) is 5.56 Å². The molecule has 1 N–H and O–H groups in total. The molecule has 0 atom stereocenters. The number of aromatic nitrogens is 8. The maximum atomic E-state index is 4.88. The van der Waals surface area contributed by atoms with Crippen LogP contribution in [-0.4, -0.2) is 40.1 Å². The van der Waals surface area contributed by atoms with Crippen LogP contribution in [0, 0.1) is 13.8 Å². The topological polar surface area (TPSA) is 98.1 Å². The first-order chi connectivity index (χ1) is 18.1. The second kappa shape index (κ2) is 9.39. The van der Waals surface area contributed by atoms with E-state index in [0.29, 0.717) is 12.4 Å². The van der Waals surface area contributed by atoms with E-state index in [1.54, 1.807) is 6.20 Å². The second-order valence-corrected chi connectivity index (χ2v) is 9.13. The van der Waals surface area contributed by atoms with Crippen LogP contribution in [0.1, 0.15) is 29.6 Å². The van der Waals surface area contributed by atoms with Crippen molar-refractivity contribution in [3.05, 3.63) is 95.6 Å². The molecule has 0 aliphatic heterocycles. The highest BCUT2D eigenvalue weighted by atomic mass is 15.5. The Kier molecular flexibility index (Phi) is 5.76. The Labute approximate surface area is 214 Å². The molecule has 0 aliphatic carbocycles. The van der Waals surface area contributed by atoms with Crippen LogP contribution < -0.4 is 0 Å². The molecule has 0 unspecified atom stereocenters. The summed E-state index contributed by atoms with van der Waals surface area (Å²) >= 11 is 0. The van der Waals surface area contributed by atoms with Crippen LogP contribution in [0.2, 0.25) is 0 Å². The molecule has 8 nitrogen and oxygen atoms in total. The number of nitrogens with zero attached hydrogens (tertiary/aromatic N) is 7. The van der Waals surface area contributed by atoms with Crippen molar-refractivity contribution < 1.29 is 0 Å². The molecule has 8 heteroatoms. The molecule has 6 aromatic rings. The van der Waals surface area contributed by atoms with Gasteiger partial charge in [0.15, 0.2) is 5.65 Å². The summed E-state index contributed by atoms with van der Waals surface area (Å²) in [4.78, 5) is 14.2. The van der Waals surface area contributed by atoms with Gasteiger partial charge in [0.05, 0.1) is 12.2 Å². The highest BCUT2D eigenvalue weighted by molar-refractivity contribution is 5.84. The van der Waals surface area contributed by atoms with Crippen molar-refractivity contribution in [2.45, 2.75) is 33.7 Å². The van der Waals surface area contributed by atoms with Gasteiger partial charge in [-0.25, -0.2) is 9.97 Å². The Morgan fingerprint density at radius 1 is 0.865 bits per heavy atom. The highest BCUT2D eigenvalue weighted by Gasteiger charge is 2.16. The fourth-order valence-corrected chi connectivity index (χ4v) is 4.80. The SMILES string of the molecule is CCc1nc2c(C)cc(C)nc2n1Cc1ccc(-c2cc(-c3ccccn3)ccc2-c2nn[nH]n2)cc1. The van der Waals surface area contributed by atoms with Crippen LogP contribution in [0.25, 0.3) is 44.9 Å². The molecular formula is C29H26N8. The van der Waals surface area contributed by atoms with Crippen molar-refractivity contribution >= 4 is 11.2 Å². The Hall–Kier alpha value is -4.72. The number of aryl methyl sites for hydroxylation is 3. The van der Waals surface area contributed by atoms with Crippen molar-refractivity contribution in [1.82, 2.24) is 40.1 Å². The maximum absolute atomic E-state index is 4.88. The Morgan fingerprint density at radius 2 is 1.70 bits per heavy atom. The predicted molar refractivity (Wildman–Crippen MR) is 144 cm³/mol. The second-order valence-electron chi connectivity index (χ2n) is 9.13. The van der Waals surface area contributed by atoms with Gasteiger partial charge in [0, 0.05) is 29.4 Å². The summed E-state index contributed by atoms with van der Waals surface area (Å²) in [5.41, 5.74) is 10.2. The van der Waals surface area contributed by atoms with Crippen molar-refractivity contribution in [2.75, 3.05) is 0 Å². The number of pyridine rings is 2. The van der Waals surface area contributed by atoms with Crippen LogP contribution in [0.15, 0.2) is 72.9 Å². The molecule has 0 saturated carbocycles. The zero-order valence-electron chi connectivity index (χ0n) is 21.0. The number of hydrogen-bond donors (Lipinski definition) is 1. The smallest absolute Gasteiger partial charge is 0.205 e. The minimum atomic E-state index is 0.556. The lowest BCUT2D eigenvalue weighted by molar-refractivity contribution is 0.745. The van der Waals surface area contributed by atoms with Crippen LogP contribution in [0.4, 0.5) is 0 Å². The summed E-state index contributed by atoms with van der Waals surface area (Å²) in [6.07, 6.45) is 2.65. The van der Waals surface area contributed by atoms with Gasteiger partial charge in [0.2, 0.25) is 5.82 Å². The van der Waals surface area contributed by atoms with E-state index in [2.05, 4.69) is 80.4 Å². The van der Waals surface area contributed by atoms with Gasteiger partial charge in [-0.1, -0.05) is 43.3 Å². The van der Waals surface area contributed by atoms with Crippen LogP contribution >= 0.6 is 0 Å². The standard InChI is InChI=1S/C29H26N8/c1-4-26-32-27-18(2)15-19(3)31-29(27)37(26)17-20-8-10-21(11-9-20)24-16-22(25-7-5-6-14-30-25)12-13-23(24)28-33-35-36-34-28/h5-16H,4,17H2,1-3H3,(H,33,34,35,36). The van der Waals surface area contributed by atoms with E-state index in [4.69, 9.17) is 9.97 Å². The van der Waals surface area contributed by atoms with Crippen LogP contribution in [0.3, 0.4) is 0 Å². The number of aromatic amines is 1. The summed E-state index contributed by atoms with van der Waals surface area (Å²) in [5, 5.41) is 14.8. The molecular weight excluding hydrogens is 460 g/mol. The fourth-order valence-electron chi connectivity index (χ4n) is 4.80. The molecule has 0 radical (unpaired) electrons. The van der Waals surface area contributed by atoms with Gasteiger partial charge in [-0.3, -0.25) is 4.98 Å². The zero-order chi connectivity index (χ0) is 25.4. The molecule has 2 aromatic carbocycles. The molecule has 0 aliphatic rings. The Balaban J connectivity index is 1.39. The molecule has 6 rings (SSSR count). The average Bonchev–Trinajstić information content (AvgIpc) is 3.58. The lowest BCUT2D eigenvalue weighted by Gasteiger charge is -2.12. The molecule has 4 aromatic heterocycles. The molecule has 0 amide bonds. The number of H-pyrrole nitrogens is 1. The first-order valence-electron chi connectivity index (χ1n) is 12.3. The van der Waals surface area contributed by atoms with Gasteiger partial charge in [0.1, 0.15) is 11.3 Å². The number of benzene rings is 2. The molecule has 0 fully saturated rings. The van der Waals surface area contributed by atoms with Crippen molar-refractivity contribution in [3.8, 4) is 33.8 Å². The number of nitrogens with one attached hydrogen (secondary N) is 1. The van der Waals surface area contributed by atoms with E-state index in [1.807, 2.05) is 37.3 Å². The average molecular weight is 487 g/mol. The lowest BCUT2D eigenvalue weighted by Crippen LogP contribution is -2.05. The van der Waals surface area contributed by atoms with Crippen molar-refractivity contribution in [2.24, 2.45) is 0 Å². The number of fused-ring (bicyclic) bond motifs is 1. The fraction of sp³-hybridized carbons (Fsp3) is 0.172. The van der Waals surface area contributed by atoms with Crippen LogP contribution in [0.5, 0.6) is 0 Å². The molecule has 0 saturated heterocycles. The molecule has 4 heterocycles. The van der Waals surface area contributed by atoms with Crippen LogP contribution in [-0.2, 0) is 13.0 Å². The quantitative estimate of drug-likeness (QED) is 0.331. The third-order valence-electron chi connectivity index (χ3n) is 6.59. The van der Waals surface area contributed by atoms with Crippen molar-refractivity contribution in [3.63, 3.8) is 0 Å². The minimum absolute atomic E-state index is 0.556. The predicted octanol–water partition coefficient (Wildman–Crippen LogP) is 5.57. The Bertz CT molecular complexity index is 1680. The first-order valence-corrected chi connectivity index (χ1v) is 12.3. The number of hydrogen-bond acceptors (Lipinski definition) is 6. The number of rotatable bonds is 6. The van der Waals surface area contributed by atoms with Gasteiger partial charge in [-0.15, -0.1) is 10.2 Å². The van der Waals surface area contributed by atoms with E-state index in [9.17, 15) is 0 Å². The third-order valence-corrected chi connectivity index (χ3v) is 6.59. The van der Waals surface area contributed by atoms with Crippen molar-refractivity contribution in [1.29, 1.82) is 0 Å². The van der Waals surface area contributed by atoms with Gasteiger partial charge in [0.25, 0.3) is 0 Å². The third kappa shape index (κ3) is 4.27. The number of imidazole rings is 1. The van der Waals surface area contributed by atoms with Gasteiger partial charge in [-0.05, 0) is 71.6 Å². The Morgan fingerprint density at radius 3 is 2.43 bits per heavy atom. The largest absolute Gasteiger partial charge is 0.308 e. The summed E-state index contributed by atoms with van der Waals surface area (Å²) < 4.78 is 2.23. The van der Waals surface area contributed by atoms with E-state index in [-0.39, 0.29) is 0 Å². The summed E-state index contributed by atoms with van der Waals surface area (Å²) in [7, 11) is 0. The van der Waals surface area contributed by atoms with Gasteiger partial charge in [-0.2, -0.15) is 5.21 Å². The highest BCUT2D eigenvalue weighted by Crippen LogP contribution is 2.34. The number of tetrazole rings is 1. The summed E-state index contributed by atoms with van der Waals surface area (Å²) in [5.74, 6) is 1.60. The molecule has 37 heavy (non-hydrogen) atoms. The normalized spacial score (nSPS) is 11.3. The lowest BCUT2D eigenvalue weighted by atomic mass is 9.95. The van der Waals surface area contributed by atoms with E-state index < -0.39 is 0 Å². The summed E-state index contributed by atoms with van der Waals surface area (Å²) in [6, 6.07) is 22.8. The van der Waals surface area contributed by atoms with E-state index >= 15 is 0 Å². The molecule has 0 spiro atoms. The molecule has 0 bridgehead atoms. The maximum Gasteiger partial charge on any atom is 0.205 e. The zero-order valence-corrected chi connectivity index (χ0v) is 21.0. The van der Waals surface area contributed by atoms with Gasteiger partial charge < -0.3 is 4.57 Å².